The molecule has 2 unspecified atom stereocenters. The van der Waals surface area contributed by atoms with Crippen LogP contribution in [-0.2, 0) is 9.59 Å². The first-order valence-corrected chi connectivity index (χ1v) is 10.6. The quantitative estimate of drug-likeness (QED) is 0.722. The first-order chi connectivity index (χ1) is 14.2. The van der Waals surface area contributed by atoms with Gasteiger partial charge in [0.1, 0.15) is 6.04 Å². The molecule has 4 amide bonds. The molecule has 0 bridgehead atoms. The normalized spacial score (nSPS) is 20.0. The Kier molecular flexibility index (Phi) is 6.48. The topological polar surface area (TPSA) is 81.8 Å². The first kappa shape index (κ1) is 21.9. The summed E-state index contributed by atoms with van der Waals surface area (Å²) in [6.07, 6.45) is 0.567. The minimum absolute atomic E-state index is 0.135. The number of carbonyl (C=O) groups excluding carboxylic acids is 3. The number of nitrogens with zero attached hydrogens (tertiary/aromatic N) is 2. The summed E-state index contributed by atoms with van der Waals surface area (Å²) in [5.74, 6) is 0.247. The van der Waals surface area contributed by atoms with E-state index in [1.165, 1.54) is 4.90 Å². The average molecular weight is 413 g/mol. The van der Waals surface area contributed by atoms with Gasteiger partial charge in [-0.15, -0.1) is 0 Å². The van der Waals surface area contributed by atoms with Crippen molar-refractivity contribution in [2.75, 3.05) is 20.1 Å². The maximum Gasteiger partial charge on any atom is 0.322 e. The fourth-order valence-corrected chi connectivity index (χ4v) is 3.98. The molecule has 2 heterocycles. The highest BCUT2D eigenvalue weighted by molar-refractivity contribution is 6.03. The molecule has 0 radical (unpaired) electrons. The van der Waals surface area contributed by atoms with Crippen molar-refractivity contribution in [2.45, 2.75) is 46.2 Å². The van der Waals surface area contributed by atoms with Crippen molar-refractivity contribution < 1.29 is 14.4 Å². The molecular formula is C23H32N4O3. The van der Waals surface area contributed by atoms with E-state index in [1.54, 1.807) is 11.9 Å². The van der Waals surface area contributed by atoms with Crippen molar-refractivity contribution >= 4 is 17.8 Å². The fraction of sp³-hybridized carbons (Fsp3) is 0.522. The summed E-state index contributed by atoms with van der Waals surface area (Å²) < 4.78 is 0. The lowest BCUT2D eigenvalue weighted by Gasteiger charge is -2.31. The van der Waals surface area contributed by atoms with Gasteiger partial charge < -0.3 is 15.5 Å². The molecular weight excluding hydrogens is 380 g/mol. The molecule has 2 aliphatic heterocycles. The molecule has 0 aromatic heterocycles. The van der Waals surface area contributed by atoms with Gasteiger partial charge in [-0.05, 0) is 23.8 Å². The molecule has 1 aromatic carbocycles. The Hall–Kier alpha value is -2.83. The van der Waals surface area contributed by atoms with Gasteiger partial charge in [0.2, 0.25) is 5.91 Å². The Bertz CT molecular complexity index is 847. The molecule has 0 spiro atoms. The predicted octanol–water partition coefficient (Wildman–Crippen LogP) is 2.67. The molecule has 2 aliphatic rings. The number of hydrogen-bond donors (Lipinski definition) is 2. The lowest BCUT2D eigenvalue weighted by atomic mass is 9.95. The SMILES string of the molecule is CC(C)CNC(=O)C(CC(C)C)N1CC2=C(C1=O)C(c1ccccc1)NC(=O)N2C. The molecule has 0 fully saturated rings. The molecule has 0 saturated heterocycles. The van der Waals surface area contributed by atoms with Crippen molar-refractivity contribution in [1.29, 1.82) is 0 Å². The Morgan fingerprint density at radius 2 is 1.80 bits per heavy atom. The van der Waals surface area contributed by atoms with Gasteiger partial charge in [0.05, 0.1) is 23.9 Å². The highest BCUT2D eigenvalue weighted by atomic mass is 16.2. The van der Waals surface area contributed by atoms with Crippen molar-refractivity contribution in [1.82, 2.24) is 20.4 Å². The van der Waals surface area contributed by atoms with Crippen LogP contribution in [0, 0.1) is 11.8 Å². The van der Waals surface area contributed by atoms with Crippen LogP contribution in [0.3, 0.4) is 0 Å². The van der Waals surface area contributed by atoms with Gasteiger partial charge in [-0.3, -0.25) is 14.5 Å². The van der Waals surface area contributed by atoms with Gasteiger partial charge in [0.15, 0.2) is 0 Å². The van der Waals surface area contributed by atoms with E-state index in [0.29, 0.717) is 30.2 Å². The number of amides is 4. The van der Waals surface area contributed by atoms with Crippen LogP contribution in [0.4, 0.5) is 4.79 Å². The number of rotatable bonds is 7. The van der Waals surface area contributed by atoms with Crippen LogP contribution in [0.15, 0.2) is 41.6 Å². The Morgan fingerprint density at radius 1 is 1.13 bits per heavy atom. The minimum atomic E-state index is -0.568. The molecule has 1 aromatic rings. The second-order valence-corrected chi connectivity index (χ2v) is 8.93. The Labute approximate surface area is 178 Å². The molecule has 162 valence electrons. The van der Waals surface area contributed by atoms with Gasteiger partial charge in [-0.2, -0.15) is 0 Å². The lowest BCUT2D eigenvalue weighted by molar-refractivity contribution is -0.137. The van der Waals surface area contributed by atoms with E-state index in [2.05, 4.69) is 10.6 Å². The number of likely N-dealkylation sites (N-methyl/N-ethyl adjacent to an activating group) is 1. The molecule has 0 aliphatic carbocycles. The van der Waals surface area contributed by atoms with E-state index in [1.807, 2.05) is 58.0 Å². The second kappa shape index (κ2) is 8.90. The van der Waals surface area contributed by atoms with Crippen molar-refractivity contribution in [3.63, 3.8) is 0 Å². The monoisotopic (exact) mass is 412 g/mol. The minimum Gasteiger partial charge on any atom is -0.354 e. The van der Waals surface area contributed by atoms with Crippen LogP contribution in [0.5, 0.6) is 0 Å². The van der Waals surface area contributed by atoms with E-state index in [-0.39, 0.29) is 30.3 Å². The van der Waals surface area contributed by atoms with Crippen molar-refractivity contribution in [3.8, 4) is 0 Å². The number of nitrogens with one attached hydrogen (secondary N) is 2. The smallest absolute Gasteiger partial charge is 0.322 e. The summed E-state index contributed by atoms with van der Waals surface area (Å²) in [5, 5.41) is 5.92. The summed E-state index contributed by atoms with van der Waals surface area (Å²) in [6.45, 7) is 8.98. The van der Waals surface area contributed by atoms with Gasteiger partial charge >= 0.3 is 6.03 Å². The van der Waals surface area contributed by atoms with Crippen LogP contribution >= 0.6 is 0 Å². The van der Waals surface area contributed by atoms with Crippen LogP contribution < -0.4 is 10.6 Å². The van der Waals surface area contributed by atoms with E-state index in [0.717, 1.165) is 5.56 Å². The summed E-state index contributed by atoms with van der Waals surface area (Å²) in [4.78, 5) is 42.2. The maximum atomic E-state index is 13.6. The number of benzene rings is 1. The molecule has 0 saturated carbocycles. The maximum absolute atomic E-state index is 13.6. The number of carbonyl (C=O) groups is 3. The summed E-state index contributed by atoms with van der Waals surface area (Å²) >= 11 is 0. The van der Waals surface area contributed by atoms with Crippen LogP contribution in [0.1, 0.15) is 45.7 Å². The first-order valence-electron chi connectivity index (χ1n) is 10.6. The fourth-order valence-electron chi connectivity index (χ4n) is 3.98. The Morgan fingerprint density at radius 3 is 2.40 bits per heavy atom. The van der Waals surface area contributed by atoms with Crippen LogP contribution in [0.25, 0.3) is 0 Å². The van der Waals surface area contributed by atoms with E-state index < -0.39 is 12.1 Å². The lowest BCUT2D eigenvalue weighted by Crippen LogP contribution is -2.49. The zero-order valence-corrected chi connectivity index (χ0v) is 18.4. The number of hydrogen-bond acceptors (Lipinski definition) is 3. The third-order valence-corrected chi connectivity index (χ3v) is 5.58. The highest BCUT2D eigenvalue weighted by Gasteiger charge is 2.46. The van der Waals surface area contributed by atoms with Gasteiger partial charge in [0, 0.05) is 13.6 Å². The standard InChI is InChI=1S/C23H32N4O3/c1-14(2)11-17(21(28)24-12-15(3)4)27-13-18-19(22(27)29)20(25-23(30)26(18)5)16-9-7-6-8-10-16/h6-10,14-15,17,20H,11-13H2,1-5H3,(H,24,28)(H,25,30). The molecule has 3 rings (SSSR count). The zero-order valence-electron chi connectivity index (χ0n) is 18.4. The molecule has 7 nitrogen and oxygen atoms in total. The largest absolute Gasteiger partial charge is 0.354 e. The average Bonchev–Trinajstić information content (AvgIpc) is 3.05. The Balaban J connectivity index is 1.93. The van der Waals surface area contributed by atoms with E-state index >= 15 is 0 Å². The number of urea groups is 1. The summed E-state index contributed by atoms with van der Waals surface area (Å²) in [6, 6.07) is 8.15. The molecule has 2 atom stereocenters. The molecule has 30 heavy (non-hydrogen) atoms. The van der Waals surface area contributed by atoms with Gasteiger partial charge in [-0.1, -0.05) is 58.0 Å². The highest BCUT2D eigenvalue weighted by Crippen LogP contribution is 2.37. The zero-order chi connectivity index (χ0) is 22.0. The second-order valence-electron chi connectivity index (χ2n) is 8.93. The van der Waals surface area contributed by atoms with E-state index in [4.69, 9.17) is 0 Å². The van der Waals surface area contributed by atoms with Crippen LogP contribution in [-0.4, -0.2) is 53.8 Å². The predicted molar refractivity (Wildman–Crippen MR) is 115 cm³/mol. The van der Waals surface area contributed by atoms with Crippen LogP contribution in [0.2, 0.25) is 0 Å². The van der Waals surface area contributed by atoms with Gasteiger partial charge in [0.25, 0.3) is 5.91 Å². The summed E-state index contributed by atoms with van der Waals surface area (Å²) in [5.41, 5.74) is 2.07. The molecule has 7 heteroatoms. The van der Waals surface area contributed by atoms with Gasteiger partial charge in [-0.25, -0.2) is 4.79 Å². The summed E-state index contributed by atoms with van der Waals surface area (Å²) in [7, 11) is 1.67. The van der Waals surface area contributed by atoms with E-state index in [9.17, 15) is 14.4 Å². The third-order valence-electron chi connectivity index (χ3n) is 5.58. The van der Waals surface area contributed by atoms with Crippen molar-refractivity contribution in [3.05, 3.63) is 47.2 Å². The molecule has 2 N–H and O–H groups in total. The van der Waals surface area contributed by atoms with Crippen molar-refractivity contribution in [2.24, 2.45) is 11.8 Å². The third kappa shape index (κ3) is 4.35.